The van der Waals surface area contributed by atoms with Gasteiger partial charge in [-0.05, 0) is 49.9 Å². The van der Waals surface area contributed by atoms with Gasteiger partial charge in [0.05, 0.1) is 6.07 Å². The third-order valence-electron chi connectivity index (χ3n) is 4.42. The van der Waals surface area contributed by atoms with Gasteiger partial charge in [0, 0.05) is 17.4 Å². The number of nitrogens with zero attached hydrogens (tertiary/aromatic N) is 1. The van der Waals surface area contributed by atoms with Crippen LogP contribution in [0.4, 0.5) is 16.2 Å². The number of carbonyl (C=O) groups is 2. The summed E-state index contributed by atoms with van der Waals surface area (Å²) in [6.07, 6.45) is 5.16. The van der Waals surface area contributed by atoms with Crippen LogP contribution in [0.5, 0.6) is 0 Å². The number of carbonyl (C=O) groups excluding carboxylic acids is 2. The number of anilines is 2. The number of nitriles is 1. The number of amides is 3. The molecule has 120 valence electrons. The summed E-state index contributed by atoms with van der Waals surface area (Å²) >= 11 is 0. The molecule has 23 heavy (non-hydrogen) atoms. The largest absolute Gasteiger partial charge is 0.335 e. The van der Waals surface area contributed by atoms with Gasteiger partial charge in [-0.25, -0.2) is 4.79 Å². The Hall–Kier alpha value is -2.55. The fraction of sp³-hybridized carbons (Fsp3) is 0.471. The Morgan fingerprint density at radius 1 is 1.04 bits per heavy atom. The summed E-state index contributed by atoms with van der Waals surface area (Å²) in [5.74, 6) is -0.232. The first-order valence-corrected chi connectivity index (χ1v) is 8.02. The van der Waals surface area contributed by atoms with Gasteiger partial charge in [0.1, 0.15) is 5.41 Å². The van der Waals surface area contributed by atoms with Gasteiger partial charge in [0.25, 0.3) is 0 Å². The summed E-state index contributed by atoms with van der Waals surface area (Å²) in [4.78, 5) is 24.0. The normalized spacial score (nSPS) is 18.7. The second-order valence-corrected chi connectivity index (χ2v) is 6.31. The van der Waals surface area contributed by atoms with E-state index in [2.05, 4.69) is 22.0 Å². The summed E-state index contributed by atoms with van der Waals surface area (Å²) in [5, 5.41) is 17.7. The zero-order valence-electron chi connectivity index (χ0n) is 12.9. The fourth-order valence-electron chi connectivity index (χ4n) is 2.84. The van der Waals surface area contributed by atoms with Gasteiger partial charge in [-0.2, -0.15) is 5.26 Å². The number of hydrogen-bond acceptors (Lipinski definition) is 3. The van der Waals surface area contributed by atoms with E-state index < -0.39 is 5.41 Å². The molecule has 0 spiro atoms. The summed E-state index contributed by atoms with van der Waals surface area (Å²) < 4.78 is 0. The van der Waals surface area contributed by atoms with Gasteiger partial charge in [-0.1, -0.05) is 12.8 Å². The molecule has 0 heterocycles. The van der Waals surface area contributed by atoms with E-state index in [1.54, 1.807) is 24.3 Å². The number of nitrogens with one attached hydrogen (secondary N) is 3. The zero-order chi connectivity index (χ0) is 16.3. The van der Waals surface area contributed by atoms with Gasteiger partial charge >= 0.3 is 6.03 Å². The van der Waals surface area contributed by atoms with Crippen molar-refractivity contribution < 1.29 is 9.59 Å². The second kappa shape index (κ2) is 6.29. The first-order valence-electron chi connectivity index (χ1n) is 8.02. The topological polar surface area (TPSA) is 94.0 Å². The molecule has 3 rings (SSSR count). The lowest BCUT2D eigenvalue weighted by Crippen LogP contribution is -2.32. The highest BCUT2D eigenvalue weighted by atomic mass is 16.2. The van der Waals surface area contributed by atoms with Crippen LogP contribution < -0.4 is 16.0 Å². The van der Waals surface area contributed by atoms with E-state index in [0.717, 1.165) is 25.7 Å². The minimum atomic E-state index is -0.888. The van der Waals surface area contributed by atoms with Crippen LogP contribution in [0, 0.1) is 16.7 Å². The average molecular weight is 312 g/mol. The molecule has 0 radical (unpaired) electrons. The smallest absolute Gasteiger partial charge is 0.319 e. The van der Waals surface area contributed by atoms with Crippen LogP contribution in [0.3, 0.4) is 0 Å². The summed E-state index contributed by atoms with van der Waals surface area (Å²) in [6, 6.07) is 9.20. The van der Waals surface area contributed by atoms with Gasteiger partial charge in [-0.3, -0.25) is 4.79 Å². The third-order valence-corrected chi connectivity index (χ3v) is 4.42. The van der Waals surface area contributed by atoms with Gasteiger partial charge in [0.15, 0.2) is 0 Å². The van der Waals surface area contributed by atoms with Crippen LogP contribution in [0.1, 0.15) is 38.5 Å². The highest BCUT2D eigenvalue weighted by molar-refractivity contribution is 5.97. The minimum absolute atomic E-state index is 0.210. The first-order chi connectivity index (χ1) is 11.1. The predicted molar refractivity (Wildman–Crippen MR) is 86.8 cm³/mol. The third kappa shape index (κ3) is 3.62. The quantitative estimate of drug-likeness (QED) is 0.797. The molecule has 1 aromatic rings. The van der Waals surface area contributed by atoms with Crippen molar-refractivity contribution in [1.82, 2.24) is 5.32 Å². The Labute approximate surface area is 135 Å². The fourth-order valence-corrected chi connectivity index (χ4v) is 2.84. The molecule has 2 aliphatic rings. The van der Waals surface area contributed by atoms with Gasteiger partial charge in [-0.15, -0.1) is 0 Å². The molecule has 6 heteroatoms. The summed E-state index contributed by atoms with van der Waals surface area (Å²) in [6.45, 7) is 0. The molecular weight excluding hydrogens is 292 g/mol. The minimum Gasteiger partial charge on any atom is -0.335 e. The lowest BCUT2D eigenvalue weighted by molar-refractivity contribution is -0.122. The molecule has 2 fully saturated rings. The maximum absolute atomic E-state index is 12.3. The molecule has 0 bridgehead atoms. The average Bonchev–Trinajstić information content (AvgIpc) is 3.21. The first kappa shape index (κ1) is 15.3. The zero-order valence-corrected chi connectivity index (χ0v) is 12.9. The van der Waals surface area contributed by atoms with E-state index in [0.29, 0.717) is 30.3 Å². The van der Waals surface area contributed by atoms with Crippen molar-refractivity contribution in [3.8, 4) is 6.07 Å². The Balaban J connectivity index is 1.57. The number of urea groups is 1. The molecule has 0 atom stereocenters. The van der Waals surface area contributed by atoms with E-state index in [1.807, 2.05) is 0 Å². The van der Waals surface area contributed by atoms with Crippen molar-refractivity contribution >= 4 is 23.3 Å². The molecule has 2 aliphatic carbocycles. The Bertz CT molecular complexity index is 638. The van der Waals surface area contributed by atoms with Crippen molar-refractivity contribution in [3.05, 3.63) is 24.3 Å². The van der Waals surface area contributed by atoms with Crippen molar-refractivity contribution in [1.29, 1.82) is 5.26 Å². The van der Waals surface area contributed by atoms with Crippen LogP contribution in [0.15, 0.2) is 24.3 Å². The molecule has 2 saturated carbocycles. The SMILES string of the molecule is N#CC1(C(=O)Nc2ccc(NC(=O)NC3CC3)cc2)CCCC1. The molecular formula is C17H20N4O2. The molecule has 1 aromatic carbocycles. The van der Waals surface area contributed by atoms with E-state index in [4.69, 9.17) is 0 Å². The molecule has 3 N–H and O–H groups in total. The summed E-state index contributed by atoms with van der Waals surface area (Å²) in [7, 11) is 0. The maximum atomic E-state index is 12.3. The van der Waals surface area contributed by atoms with Crippen LogP contribution in [-0.4, -0.2) is 18.0 Å². The molecule has 3 amide bonds. The molecule has 0 saturated heterocycles. The lowest BCUT2D eigenvalue weighted by atomic mass is 9.87. The van der Waals surface area contributed by atoms with Crippen LogP contribution in [0.25, 0.3) is 0 Å². The summed E-state index contributed by atoms with van der Waals surface area (Å²) in [5.41, 5.74) is 0.405. The Kier molecular flexibility index (Phi) is 4.20. The monoisotopic (exact) mass is 312 g/mol. The molecule has 0 unspecified atom stereocenters. The standard InChI is InChI=1S/C17H20N4O2/c18-11-17(9-1-2-10-17)15(22)19-12-3-5-13(6-4-12)20-16(23)21-14-7-8-14/h3-6,14H,1-2,7-10H2,(H,19,22)(H2,20,21,23). The number of benzene rings is 1. The molecule has 6 nitrogen and oxygen atoms in total. The van der Waals surface area contributed by atoms with Crippen molar-refractivity contribution in [2.75, 3.05) is 10.6 Å². The van der Waals surface area contributed by atoms with E-state index in [1.165, 1.54) is 0 Å². The van der Waals surface area contributed by atoms with E-state index >= 15 is 0 Å². The second-order valence-electron chi connectivity index (χ2n) is 6.31. The maximum Gasteiger partial charge on any atom is 0.319 e. The lowest BCUT2D eigenvalue weighted by Gasteiger charge is -2.19. The van der Waals surface area contributed by atoms with E-state index in [9.17, 15) is 14.9 Å². The van der Waals surface area contributed by atoms with Crippen LogP contribution in [-0.2, 0) is 4.79 Å². The molecule has 0 aromatic heterocycles. The highest BCUT2D eigenvalue weighted by Gasteiger charge is 2.41. The highest BCUT2D eigenvalue weighted by Crippen LogP contribution is 2.38. The molecule has 0 aliphatic heterocycles. The van der Waals surface area contributed by atoms with Crippen LogP contribution in [0.2, 0.25) is 0 Å². The predicted octanol–water partition coefficient (Wildman–Crippen LogP) is 2.99. The van der Waals surface area contributed by atoms with Crippen molar-refractivity contribution in [3.63, 3.8) is 0 Å². The van der Waals surface area contributed by atoms with E-state index in [-0.39, 0.29) is 11.9 Å². The van der Waals surface area contributed by atoms with Gasteiger partial charge in [0.2, 0.25) is 5.91 Å². The van der Waals surface area contributed by atoms with Crippen molar-refractivity contribution in [2.24, 2.45) is 5.41 Å². The Morgan fingerprint density at radius 2 is 1.61 bits per heavy atom. The number of hydrogen-bond donors (Lipinski definition) is 3. The number of rotatable bonds is 4. The Morgan fingerprint density at radius 3 is 2.13 bits per heavy atom. The van der Waals surface area contributed by atoms with Crippen LogP contribution >= 0.6 is 0 Å². The van der Waals surface area contributed by atoms with Gasteiger partial charge < -0.3 is 16.0 Å². The van der Waals surface area contributed by atoms with Crippen molar-refractivity contribution in [2.45, 2.75) is 44.6 Å².